The molecule has 0 saturated carbocycles. The van der Waals surface area contributed by atoms with Gasteiger partial charge in [0, 0.05) is 11.1 Å². The van der Waals surface area contributed by atoms with Crippen LogP contribution >= 0.6 is 11.6 Å². The van der Waals surface area contributed by atoms with Crippen molar-refractivity contribution in [1.29, 1.82) is 0 Å². The van der Waals surface area contributed by atoms with Crippen molar-refractivity contribution in [2.24, 2.45) is 0 Å². The van der Waals surface area contributed by atoms with Crippen molar-refractivity contribution in [3.8, 4) is 17.2 Å². The summed E-state index contributed by atoms with van der Waals surface area (Å²) in [4.78, 5) is 16.6. The summed E-state index contributed by atoms with van der Waals surface area (Å²) in [6.07, 6.45) is 2.94. The first-order valence-electron chi connectivity index (χ1n) is 7.30. The Bertz CT molecular complexity index is 897. The van der Waals surface area contributed by atoms with Crippen LogP contribution in [0, 0.1) is 0 Å². The number of rotatable bonds is 5. The number of nitrogens with zero attached hydrogens (tertiary/aromatic N) is 3. The van der Waals surface area contributed by atoms with Crippen molar-refractivity contribution in [2.45, 2.75) is 0 Å². The van der Waals surface area contributed by atoms with Crippen molar-refractivity contribution >= 4 is 23.2 Å². The standard InChI is InChI=1S/C17H15ClN4O3/c1-24-12-4-5-13(16(8-12)25-2)17(23)21-14-7-11(18)3-6-15(14)22-10-19-9-20-22/h3-10H,1-2H3,(H,21,23). The smallest absolute Gasteiger partial charge is 0.259 e. The van der Waals surface area contributed by atoms with Gasteiger partial charge in [-0.1, -0.05) is 11.6 Å². The van der Waals surface area contributed by atoms with E-state index >= 15 is 0 Å². The first-order chi connectivity index (χ1) is 12.1. The van der Waals surface area contributed by atoms with Crippen LogP contribution in [0.3, 0.4) is 0 Å². The maximum atomic E-state index is 12.7. The van der Waals surface area contributed by atoms with E-state index in [-0.39, 0.29) is 5.91 Å². The van der Waals surface area contributed by atoms with E-state index in [4.69, 9.17) is 21.1 Å². The van der Waals surface area contributed by atoms with Gasteiger partial charge in [-0.2, -0.15) is 5.10 Å². The molecule has 25 heavy (non-hydrogen) atoms. The molecule has 0 atom stereocenters. The van der Waals surface area contributed by atoms with Gasteiger partial charge in [-0.25, -0.2) is 9.67 Å². The number of ether oxygens (including phenoxy) is 2. The molecule has 1 amide bonds. The van der Waals surface area contributed by atoms with E-state index < -0.39 is 0 Å². The second kappa shape index (κ2) is 7.23. The monoisotopic (exact) mass is 358 g/mol. The van der Waals surface area contributed by atoms with Crippen LogP contribution in [0.15, 0.2) is 49.1 Å². The molecule has 7 nitrogen and oxygen atoms in total. The summed E-state index contributed by atoms with van der Waals surface area (Å²) in [7, 11) is 3.04. The number of hydrogen-bond acceptors (Lipinski definition) is 5. The van der Waals surface area contributed by atoms with Gasteiger partial charge in [0.25, 0.3) is 5.91 Å². The highest BCUT2D eigenvalue weighted by molar-refractivity contribution is 6.31. The van der Waals surface area contributed by atoms with Crippen LogP contribution in [0.5, 0.6) is 11.5 Å². The molecule has 0 saturated heterocycles. The molecule has 0 aliphatic carbocycles. The van der Waals surface area contributed by atoms with E-state index in [1.165, 1.54) is 24.4 Å². The topological polar surface area (TPSA) is 78.3 Å². The second-order valence-electron chi connectivity index (χ2n) is 5.02. The number of aromatic nitrogens is 3. The van der Waals surface area contributed by atoms with Crippen LogP contribution in [0.2, 0.25) is 5.02 Å². The van der Waals surface area contributed by atoms with Crippen LogP contribution < -0.4 is 14.8 Å². The zero-order chi connectivity index (χ0) is 17.8. The highest BCUT2D eigenvalue weighted by atomic mass is 35.5. The minimum Gasteiger partial charge on any atom is -0.497 e. The van der Waals surface area contributed by atoms with E-state index in [1.807, 2.05) is 0 Å². The molecule has 0 aliphatic heterocycles. The van der Waals surface area contributed by atoms with Gasteiger partial charge >= 0.3 is 0 Å². The number of halogens is 1. The molecule has 1 N–H and O–H groups in total. The van der Waals surface area contributed by atoms with Crippen LogP contribution in [-0.2, 0) is 0 Å². The van der Waals surface area contributed by atoms with E-state index in [9.17, 15) is 4.79 Å². The third-order valence-corrected chi connectivity index (χ3v) is 3.76. The Balaban J connectivity index is 1.95. The van der Waals surface area contributed by atoms with Gasteiger partial charge in [0.2, 0.25) is 0 Å². The molecule has 0 bridgehead atoms. The SMILES string of the molecule is COc1ccc(C(=O)Nc2cc(Cl)ccc2-n2cncn2)c(OC)c1. The molecule has 0 aliphatic rings. The molecular formula is C17H15ClN4O3. The zero-order valence-corrected chi connectivity index (χ0v) is 14.3. The van der Waals surface area contributed by atoms with E-state index in [1.54, 1.807) is 43.5 Å². The number of carbonyl (C=O) groups is 1. The van der Waals surface area contributed by atoms with Gasteiger partial charge < -0.3 is 14.8 Å². The summed E-state index contributed by atoms with van der Waals surface area (Å²) in [6, 6.07) is 10.1. The predicted molar refractivity (Wildman–Crippen MR) is 93.9 cm³/mol. The highest BCUT2D eigenvalue weighted by Gasteiger charge is 2.16. The molecule has 2 aromatic carbocycles. The third kappa shape index (κ3) is 3.56. The lowest BCUT2D eigenvalue weighted by Gasteiger charge is -2.13. The molecule has 8 heteroatoms. The maximum absolute atomic E-state index is 12.7. The van der Waals surface area contributed by atoms with Crippen molar-refractivity contribution < 1.29 is 14.3 Å². The van der Waals surface area contributed by atoms with Crippen molar-refractivity contribution in [3.05, 3.63) is 59.6 Å². The molecule has 1 heterocycles. The third-order valence-electron chi connectivity index (χ3n) is 3.53. The van der Waals surface area contributed by atoms with E-state index in [2.05, 4.69) is 15.4 Å². The number of benzene rings is 2. The Morgan fingerprint density at radius 2 is 2.00 bits per heavy atom. The van der Waals surface area contributed by atoms with Crippen molar-refractivity contribution in [3.63, 3.8) is 0 Å². The normalized spacial score (nSPS) is 10.4. The molecule has 0 unspecified atom stereocenters. The van der Waals surface area contributed by atoms with Gasteiger partial charge in [-0.05, 0) is 30.3 Å². The zero-order valence-electron chi connectivity index (χ0n) is 13.6. The number of nitrogens with one attached hydrogen (secondary N) is 1. The van der Waals surface area contributed by atoms with Crippen LogP contribution in [-0.4, -0.2) is 34.9 Å². The molecule has 1 aromatic heterocycles. The molecular weight excluding hydrogens is 344 g/mol. The minimum atomic E-state index is -0.344. The molecule has 0 radical (unpaired) electrons. The summed E-state index contributed by atoms with van der Waals surface area (Å²) < 4.78 is 12.0. The number of methoxy groups -OCH3 is 2. The van der Waals surface area contributed by atoms with Crippen LogP contribution in [0.4, 0.5) is 5.69 Å². The van der Waals surface area contributed by atoms with Gasteiger partial charge in [0.1, 0.15) is 24.2 Å². The minimum absolute atomic E-state index is 0.344. The lowest BCUT2D eigenvalue weighted by atomic mass is 10.1. The predicted octanol–water partition coefficient (Wildman–Crippen LogP) is 3.19. The summed E-state index contributed by atoms with van der Waals surface area (Å²) in [5, 5.41) is 7.41. The van der Waals surface area contributed by atoms with E-state index in [0.717, 1.165) is 0 Å². The summed E-state index contributed by atoms with van der Waals surface area (Å²) in [5.41, 5.74) is 1.51. The molecule has 3 aromatic rings. The second-order valence-corrected chi connectivity index (χ2v) is 5.46. The maximum Gasteiger partial charge on any atom is 0.259 e. The largest absolute Gasteiger partial charge is 0.497 e. The van der Waals surface area contributed by atoms with Crippen molar-refractivity contribution in [1.82, 2.24) is 14.8 Å². The van der Waals surface area contributed by atoms with Gasteiger partial charge in [-0.15, -0.1) is 0 Å². The fourth-order valence-corrected chi connectivity index (χ4v) is 2.49. The first kappa shape index (κ1) is 16.8. The Morgan fingerprint density at radius 1 is 1.16 bits per heavy atom. The van der Waals surface area contributed by atoms with Gasteiger partial charge in [0.15, 0.2) is 0 Å². The van der Waals surface area contributed by atoms with E-state index in [0.29, 0.717) is 33.5 Å². The fraction of sp³-hybridized carbons (Fsp3) is 0.118. The lowest BCUT2D eigenvalue weighted by Crippen LogP contribution is -2.15. The highest BCUT2D eigenvalue weighted by Crippen LogP contribution is 2.28. The average molecular weight is 359 g/mol. The van der Waals surface area contributed by atoms with Gasteiger partial charge in [0.05, 0.1) is 31.2 Å². The summed E-state index contributed by atoms with van der Waals surface area (Å²) >= 11 is 6.07. The number of carbonyl (C=O) groups excluding carboxylic acids is 1. The number of anilines is 1. The van der Waals surface area contributed by atoms with Crippen LogP contribution in [0.1, 0.15) is 10.4 Å². The van der Waals surface area contributed by atoms with Crippen LogP contribution in [0.25, 0.3) is 5.69 Å². The lowest BCUT2D eigenvalue weighted by molar-refractivity contribution is 0.102. The molecule has 3 rings (SSSR count). The number of hydrogen-bond donors (Lipinski definition) is 1. The summed E-state index contributed by atoms with van der Waals surface area (Å²) in [6.45, 7) is 0. The Morgan fingerprint density at radius 3 is 2.68 bits per heavy atom. The summed E-state index contributed by atoms with van der Waals surface area (Å²) in [5.74, 6) is 0.656. The molecule has 0 spiro atoms. The van der Waals surface area contributed by atoms with Crippen molar-refractivity contribution in [2.75, 3.05) is 19.5 Å². The van der Waals surface area contributed by atoms with Gasteiger partial charge in [-0.3, -0.25) is 4.79 Å². The Labute approximate surface area is 149 Å². The average Bonchev–Trinajstić information content (AvgIpc) is 3.15. The first-order valence-corrected chi connectivity index (χ1v) is 7.68. The molecule has 0 fully saturated rings. The Hall–Kier alpha value is -3.06. The number of amides is 1. The fourth-order valence-electron chi connectivity index (χ4n) is 2.32. The quantitative estimate of drug-likeness (QED) is 0.757. The Kier molecular flexibility index (Phi) is 4.85. The molecule has 128 valence electrons.